The molecule has 0 amide bonds. The van der Waals surface area contributed by atoms with Crippen molar-refractivity contribution in [2.45, 2.75) is 46.7 Å². The number of para-hydroxylation sites is 1. The SMILES string of the molecule is CC(C)CCN(Cc1ccccc1O)C(C)C. The Labute approximate surface area is 105 Å². The highest BCUT2D eigenvalue weighted by atomic mass is 16.3. The van der Waals surface area contributed by atoms with Crippen LogP contribution in [0.3, 0.4) is 0 Å². The van der Waals surface area contributed by atoms with E-state index in [0.717, 1.165) is 24.6 Å². The quantitative estimate of drug-likeness (QED) is 0.813. The molecular weight excluding hydrogens is 210 g/mol. The van der Waals surface area contributed by atoms with Gasteiger partial charge < -0.3 is 5.11 Å². The van der Waals surface area contributed by atoms with Crippen molar-refractivity contribution in [3.63, 3.8) is 0 Å². The van der Waals surface area contributed by atoms with Gasteiger partial charge in [-0.1, -0.05) is 32.0 Å². The van der Waals surface area contributed by atoms with E-state index in [-0.39, 0.29) is 0 Å². The molecule has 0 saturated heterocycles. The first kappa shape index (κ1) is 14.0. The molecule has 0 heterocycles. The van der Waals surface area contributed by atoms with Crippen LogP contribution in [0.2, 0.25) is 0 Å². The van der Waals surface area contributed by atoms with E-state index in [4.69, 9.17) is 0 Å². The molecule has 2 nitrogen and oxygen atoms in total. The predicted molar refractivity (Wildman–Crippen MR) is 73.1 cm³/mol. The third-order valence-corrected chi connectivity index (χ3v) is 3.09. The summed E-state index contributed by atoms with van der Waals surface area (Å²) in [7, 11) is 0. The van der Waals surface area contributed by atoms with E-state index in [0.29, 0.717) is 11.8 Å². The second-order valence-corrected chi connectivity index (χ2v) is 5.38. The predicted octanol–water partition coefficient (Wildman–Crippen LogP) is 3.65. The molecule has 1 rings (SSSR count). The molecule has 1 aromatic rings. The lowest BCUT2D eigenvalue weighted by molar-refractivity contribution is 0.199. The van der Waals surface area contributed by atoms with Gasteiger partial charge in [0.2, 0.25) is 0 Å². The highest BCUT2D eigenvalue weighted by Gasteiger charge is 2.12. The zero-order valence-electron chi connectivity index (χ0n) is 11.5. The number of aromatic hydroxyl groups is 1. The van der Waals surface area contributed by atoms with Crippen molar-refractivity contribution in [2.24, 2.45) is 5.92 Å². The molecule has 0 aliphatic rings. The molecule has 17 heavy (non-hydrogen) atoms. The van der Waals surface area contributed by atoms with Crippen LogP contribution in [0.5, 0.6) is 5.75 Å². The molecule has 0 aliphatic heterocycles. The standard InChI is InChI=1S/C15H25NO/c1-12(2)9-10-16(13(3)4)11-14-7-5-6-8-15(14)17/h5-8,12-13,17H,9-11H2,1-4H3. The average molecular weight is 235 g/mol. The number of phenols is 1. The summed E-state index contributed by atoms with van der Waals surface area (Å²) in [5.41, 5.74) is 1.02. The van der Waals surface area contributed by atoms with Gasteiger partial charge >= 0.3 is 0 Å². The Bertz CT molecular complexity index is 333. The third-order valence-electron chi connectivity index (χ3n) is 3.09. The molecule has 0 bridgehead atoms. The lowest BCUT2D eigenvalue weighted by Crippen LogP contribution is -2.31. The van der Waals surface area contributed by atoms with Crippen LogP contribution in [-0.2, 0) is 6.54 Å². The number of phenolic OH excluding ortho intramolecular Hbond substituents is 1. The van der Waals surface area contributed by atoms with Crippen LogP contribution < -0.4 is 0 Å². The lowest BCUT2D eigenvalue weighted by atomic mass is 10.1. The number of benzene rings is 1. The van der Waals surface area contributed by atoms with Crippen molar-refractivity contribution in [3.05, 3.63) is 29.8 Å². The molecular formula is C15H25NO. The van der Waals surface area contributed by atoms with Gasteiger partial charge in [0.25, 0.3) is 0 Å². The molecule has 0 fully saturated rings. The second kappa shape index (κ2) is 6.65. The van der Waals surface area contributed by atoms with Crippen molar-refractivity contribution in [1.29, 1.82) is 0 Å². The molecule has 0 radical (unpaired) electrons. The zero-order valence-corrected chi connectivity index (χ0v) is 11.5. The Balaban J connectivity index is 2.64. The molecule has 1 aromatic carbocycles. The van der Waals surface area contributed by atoms with E-state index in [1.54, 1.807) is 6.07 Å². The van der Waals surface area contributed by atoms with Crippen LogP contribution in [-0.4, -0.2) is 22.6 Å². The highest BCUT2D eigenvalue weighted by molar-refractivity contribution is 5.31. The van der Waals surface area contributed by atoms with Crippen LogP contribution in [0, 0.1) is 5.92 Å². The fraction of sp³-hybridized carbons (Fsp3) is 0.600. The summed E-state index contributed by atoms with van der Waals surface area (Å²) in [5, 5.41) is 9.79. The summed E-state index contributed by atoms with van der Waals surface area (Å²) < 4.78 is 0. The fourth-order valence-electron chi connectivity index (χ4n) is 1.81. The van der Waals surface area contributed by atoms with Crippen molar-refractivity contribution < 1.29 is 5.11 Å². The van der Waals surface area contributed by atoms with Crippen molar-refractivity contribution in [1.82, 2.24) is 4.90 Å². The minimum atomic E-state index is 0.405. The average Bonchev–Trinajstić information content (AvgIpc) is 2.25. The Morgan fingerprint density at radius 1 is 1.12 bits per heavy atom. The molecule has 0 atom stereocenters. The van der Waals surface area contributed by atoms with Gasteiger partial charge in [0, 0.05) is 18.2 Å². The first-order valence-corrected chi connectivity index (χ1v) is 6.51. The topological polar surface area (TPSA) is 23.5 Å². The third kappa shape index (κ3) is 4.78. The van der Waals surface area contributed by atoms with Crippen LogP contribution >= 0.6 is 0 Å². The number of hydrogen-bond donors (Lipinski definition) is 1. The summed E-state index contributed by atoms with van der Waals surface area (Å²) in [6.45, 7) is 10.8. The van der Waals surface area contributed by atoms with Crippen molar-refractivity contribution >= 4 is 0 Å². The van der Waals surface area contributed by atoms with E-state index in [1.807, 2.05) is 18.2 Å². The largest absolute Gasteiger partial charge is 0.508 e. The lowest BCUT2D eigenvalue weighted by Gasteiger charge is -2.27. The van der Waals surface area contributed by atoms with Crippen molar-refractivity contribution in [3.8, 4) is 5.75 Å². The smallest absolute Gasteiger partial charge is 0.120 e. The Morgan fingerprint density at radius 3 is 2.29 bits per heavy atom. The van der Waals surface area contributed by atoms with E-state index in [9.17, 15) is 5.11 Å². The number of hydrogen-bond acceptors (Lipinski definition) is 2. The maximum Gasteiger partial charge on any atom is 0.120 e. The van der Waals surface area contributed by atoms with E-state index >= 15 is 0 Å². The summed E-state index contributed by atoms with van der Waals surface area (Å²) >= 11 is 0. The maximum absolute atomic E-state index is 9.79. The minimum Gasteiger partial charge on any atom is -0.508 e. The molecule has 0 spiro atoms. The number of nitrogens with zero attached hydrogens (tertiary/aromatic N) is 1. The van der Waals surface area contributed by atoms with Crippen LogP contribution in [0.1, 0.15) is 39.7 Å². The van der Waals surface area contributed by atoms with Crippen LogP contribution in [0.15, 0.2) is 24.3 Å². The van der Waals surface area contributed by atoms with E-state index < -0.39 is 0 Å². The van der Waals surface area contributed by atoms with Gasteiger partial charge in [0.15, 0.2) is 0 Å². The van der Waals surface area contributed by atoms with Gasteiger partial charge in [-0.3, -0.25) is 4.90 Å². The van der Waals surface area contributed by atoms with Gasteiger partial charge in [0.05, 0.1) is 0 Å². The minimum absolute atomic E-state index is 0.405. The fourth-order valence-corrected chi connectivity index (χ4v) is 1.81. The monoisotopic (exact) mass is 235 g/mol. The van der Waals surface area contributed by atoms with Gasteiger partial charge in [-0.2, -0.15) is 0 Å². The Morgan fingerprint density at radius 2 is 1.76 bits per heavy atom. The normalized spacial score (nSPS) is 11.7. The van der Waals surface area contributed by atoms with Crippen LogP contribution in [0.25, 0.3) is 0 Å². The molecule has 0 aromatic heterocycles. The van der Waals surface area contributed by atoms with Crippen LogP contribution in [0.4, 0.5) is 0 Å². The zero-order chi connectivity index (χ0) is 12.8. The molecule has 0 unspecified atom stereocenters. The number of rotatable bonds is 6. The second-order valence-electron chi connectivity index (χ2n) is 5.38. The maximum atomic E-state index is 9.79. The van der Waals surface area contributed by atoms with E-state index in [2.05, 4.69) is 32.6 Å². The van der Waals surface area contributed by atoms with Gasteiger partial charge in [-0.25, -0.2) is 0 Å². The van der Waals surface area contributed by atoms with Gasteiger partial charge in [-0.05, 0) is 38.8 Å². The van der Waals surface area contributed by atoms with Crippen molar-refractivity contribution in [2.75, 3.05) is 6.54 Å². The summed E-state index contributed by atoms with van der Waals surface area (Å²) in [5.74, 6) is 1.13. The van der Waals surface area contributed by atoms with Gasteiger partial charge in [-0.15, -0.1) is 0 Å². The van der Waals surface area contributed by atoms with Gasteiger partial charge in [0.1, 0.15) is 5.75 Å². The molecule has 1 N–H and O–H groups in total. The first-order valence-electron chi connectivity index (χ1n) is 6.51. The molecule has 0 aliphatic carbocycles. The Hall–Kier alpha value is -1.02. The molecule has 2 heteroatoms. The summed E-state index contributed by atoms with van der Waals surface area (Å²) in [6.07, 6.45) is 1.20. The first-order chi connectivity index (χ1) is 8.00. The highest BCUT2D eigenvalue weighted by Crippen LogP contribution is 2.19. The molecule has 0 saturated carbocycles. The van der Waals surface area contributed by atoms with E-state index in [1.165, 1.54) is 6.42 Å². The Kier molecular flexibility index (Phi) is 5.49. The summed E-state index contributed by atoms with van der Waals surface area (Å²) in [6, 6.07) is 8.12. The molecule has 96 valence electrons. The summed E-state index contributed by atoms with van der Waals surface area (Å²) in [4.78, 5) is 2.41.